The number of aromatic nitrogens is 3. The maximum Gasteiger partial charge on any atom is 0.282 e. The van der Waals surface area contributed by atoms with Crippen molar-refractivity contribution in [1.82, 2.24) is 14.5 Å². The van der Waals surface area contributed by atoms with Gasteiger partial charge in [-0.1, -0.05) is 0 Å². The Bertz CT molecular complexity index is 764. The molecule has 0 aliphatic heterocycles. The molecule has 3 rings (SSSR count). The van der Waals surface area contributed by atoms with Crippen molar-refractivity contribution in [2.24, 2.45) is 0 Å². The molecule has 0 fully saturated rings. The predicted octanol–water partition coefficient (Wildman–Crippen LogP) is 2.46. The van der Waals surface area contributed by atoms with Crippen LogP contribution in [0.15, 0.2) is 47.5 Å². The molecule has 94 valence electrons. The minimum atomic E-state index is -0.222. The van der Waals surface area contributed by atoms with Crippen LogP contribution in [-0.4, -0.2) is 20.4 Å². The van der Waals surface area contributed by atoms with E-state index in [1.807, 2.05) is 18.2 Å². The first-order valence-electron chi connectivity index (χ1n) is 5.54. The zero-order valence-corrected chi connectivity index (χ0v) is 11.3. The number of hydrogen-bond donors (Lipinski definition) is 1. The van der Waals surface area contributed by atoms with Gasteiger partial charge in [0.1, 0.15) is 10.3 Å². The van der Waals surface area contributed by atoms with E-state index in [9.17, 15) is 4.79 Å². The third kappa shape index (κ3) is 2.10. The van der Waals surface area contributed by atoms with E-state index in [2.05, 4.69) is 25.9 Å². The second kappa shape index (κ2) is 4.47. The highest BCUT2D eigenvalue weighted by atomic mass is 79.9. The summed E-state index contributed by atoms with van der Waals surface area (Å²) in [5, 5.41) is 0.915. The number of anilines is 1. The van der Waals surface area contributed by atoms with Crippen LogP contribution >= 0.6 is 15.9 Å². The maximum atomic E-state index is 12.3. The van der Waals surface area contributed by atoms with Crippen molar-refractivity contribution in [3.05, 3.63) is 53.2 Å². The van der Waals surface area contributed by atoms with Gasteiger partial charge in [0.05, 0.1) is 17.9 Å². The van der Waals surface area contributed by atoms with E-state index in [0.29, 0.717) is 10.3 Å². The van der Waals surface area contributed by atoms with Gasteiger partial charge in [-0.2, -0.15) is 0 Å². The number of rotatable bonds is 1. The number of carbonyl (C=O) groups is 1. The van der Waals surface area contributed by atoms with E-state index in [0.717, 1.165) is 10.9 Å². The summed E-state index contributed by atoms with van der Waals surface area (Å²) in [6.07, 6.45) is 4.64. The first-order chi connectivity index (χ1) is 9.15. The van der Waals surface area contributed by atoms with Gasteiger partial charge >= 0.3 is 0 Å². The summed E-state index contributed by atoms with van der Waals surface area (Å²) in [5.41, 5.74) is 7.47. The van der Waals surface area contributed by atoms with Gasteiger partial charge < -0.3 is 5.73 Å². The summed E-state index contributed by atoms with van der Waals surface area (Å²) in [7, 11) is 0. The number of hydrogen-bond acceptors (Lipinski definition) is 4. The Morgan fingerprint density at radius 2 is 2.05 bits per heavy atom. The molecule has 0 saturated carbocycles. The fourth-order valence-corrected chi connectivity index (χ4v) is 2.09. The molecule has 5 nitrogen and oxygen atoms in total. The highest BCUT2D eigenvalue weighted by Gasteiger charge is 2.13. The van der Waals surface area contributed by atoms with Crippen LogP contribution in [0.2, 0.25) is 0 Å². The van der Waals surface area contributed by atoms with Crippen LogP contribution in [0.4, 0.5) is 5.69 Å². The smallest absolute Gasteiger partial charge is 0.282 e. The molecule has 2 heterocycles. The lowest BCUT2D eigenvalue weighted by molar-refractivity contribution is 0.0959. The number of nitrogens with zero attached hydrogens (tertiary/aromatic N) is 3. The minimum Gasteiger partial charge on any atom is -0.399 e. The Hall–Kier alpha value is -2.21. The van der Waals surface area contributed by atoms with E-state index < -0.39 is 0 Å². The van der Waals surface area contributed by atoms with Crippen LogP contribution in [-0.2, 0) is 0 Å². The zero-order chi connectivity index (χ0) is 13.4. The van der Waals surface area contributed by atoms with Gasteiger partial charge in [-0.15, -0.1) is 0 Å². The van der Waals surface area contributed by atoms with Gasteiger partial charge in [0.15, 0.2) is 0 Å². The van der Waals surface area contributed by atoms with E-state index in [-0.39, 0.29) is 11.6 Å². The number of carbonyl (C=O) groups excluding carboxylic acids is 1. The van der Waals surface area contributed by atoms with Gasteiger partial charge in [0.25, 0.3) is 5.91 Å². The lowest BCUT2D eigenvalue weighted by Crippen LogP contribution is -2.12. The summed E-state index contributed by atoms with van der Waals surface area (Å²) < 4.78 is 2.13. The summed E-state index contributed by atoms with van der Waals surface area (Å²) in [5.74, 6) is -0.222. The standard InChI is InChI=1S/C13H9BrN4O/c14-12-7-16-10(6-17-12)13(19)18-4-3-8-5-9(15)1-2-11(8)18/h1-7H,15H2. The maximum absolute atomic E-state index is 12.3. The van der Waals surface area contributed by atoms with Gasteiger partial charge in [-0.3, -0.25) is 9.36 Å². The monoisotopic (exact) mass is 316 g/mol. The summed E-state index contributed by atoms with van der Waals surface area (Å²) in [6, 6.07) is 7.25. The summed E-state index contributed by atoms with van der Waals surface area (Å²) >= 11 is 3.19. The summed E-state index contributed by atoms with van der Waals surface area (Å²) in [6.45, 7) is 0. The highest BCUT2D eigenvalue weighted by Crippen LogP contribution is 2.19. The molecule has 19 heavy (non-hydrogen) atoms. The SMILES string of the molecule is Nc1ccc2c(ccn2C(=O)c2cnc(Br)cn2)c1. The second-order valence-corrected chi connectivity index (χ2v) is 4.85. The highest BCUT2D eigenvalue weighted by molar-refractivity contribution is 9.10. The van der Waals surface area contributed by atoms with E-state index in [1.54, 1.807) is 12.3 Å². The van der Waals surface area contributed by atoms with Crippen molar-refractivity contribution >= 4 is 38.4 Å². The molecule has 2 N–H and O–H groups in total. The molecule has 0 unspecified atom stereocenters. The first kappa shape index (κ1) is 11.9. The quantitative estimate of drug-likeness (QED) is 0.700. The fraction of sp³-hybridized carbons (Fsp3) is 0. The Kier molecular flexibility index (Phi) is 2.79. The largest absolute Gasteiger partial charge is 0.399 e. The third-order valence-corrected chi connectivity index (χ3v) is 3.18. The van der Waals surface area contributed by atoms with Crippen LogP contribution in [0, 0.1) is 0 Å². The molecule has 0 atom stereocenters. The molecule has 0 aliphatic rings. The molecule has 6 heteroatoms. The topological polar surface area (TPSA) is 73.8 Å². The van der Waals surface area contributed by atoms with Gasteiger partial charge in [-0.05, 0) is 40.2 Å². The molecule has 0 spiro atoms. The van der Waals surface area contributed by atoms with Crippen LogP contribution < -0.4 is 5.73 Å². The number of halogens is 1. The minimum absolute atomic E-state index is 0.222. The Morgan fingerprint density at radius 3 is 2.79 bits per heavy atom. The first-order valence-corrected chi connectivity index (χ1v) is 6.33. The van der Waals surface area contributed by atoms with E-state index in [4.69, 9.17) is 5.73 Å². The van der Waals surface area contributed by atoms with Gasteiger partial charge in [0, 0.05) is 17.3 Å². The van der Waals surface area contributed by atoms with Crippen LogP contribution in [0.3, 0.4) is 0 Å². The molecule has 1 aromatic carbocycles. The van der Waals surface area contributed by atoms with Gasteiger partial charge in [-0.25, -0.2) is 9.97 Å². The molecule has 3 aromatic rings. The Balaban J connectivity index is 2.09. The molecular weight excluding hydrogens is 308 g/mol. The predicted molar refractivity (Wildman–Crippen MR) is 75.8 cm³/mol. The van der Waals surface area contributed by atoms with Crippen molar-refractivity contribution in [3.63, 3.8) is 0 Å². The average molecular weight is 317 g/mol. The molecule has 0 aliphatic carbocycles. The number of fused-ring (bicyclic) bond motifs is 1. The Morgan fingerprint density at radius 1 is 1.21 bits per heavy atom. The molecule has 0 radical (unpaired) electrons. The normalized spacial score (nSPS) is 10.8. The Labute approximate surface area is 117 Å². The number of nitrogen functional groups attached to an aromatic ring is 1. The molecule has 2 aromatic heterocycles. The molecule has 0 saturated heterocycles. The van der Waals surface area contributed by atoms with Crippen molar-refractivity contribution < 1.29 is 4.79 Å². The van der Waals surface area contributed by atoms with Crippen LogP contribution in [0.1, 0.15) is 10.5 Å². The third-order valence-electron chi connectivity index (χ3n) is 2.77. The van der Waals surface area contributed by atoms with Crippen molar-refractivity contribution in [1.29, 1.82) is 0 Å². The van der Waals surface area contributed by atoms with Crippen molar-refractivity contribution in [2.45, 2.75) is 0 Å². The summed E-state index contributed by atoms with van der Waals surface area (Å²) in [4.78, 5) is 20.4. The van der Waals surface area contributed by atoms with Crippen LogP contribution in [0.25, 0.3) is 10.9 Å². The number of benzene rings is 1. The van der Waals surface area contributed by atoms with E-state index >= 15 is 0 Å². The fourth-order valence-electron chi connectivity index (χ4n) is 1.88. The zero-order valence-electron chi connectivity index (χ0n) is 9.75. The van der Waals surface area contributed by atoms with Gasteiger partial charge in [0.2, 0.25) is 0 Å². The average Bonchev–Trinajstić information content (AvgIpc) is 2.81. The van der Waals surface area contributed by atoms with Crippen molar-refractivity contribution in [3.8, 4) is 0 Å². The molecular formula is C13H9BrN4O. The van der Waals surface area contributed by atoms with Crippen LogP contribution in [0.5, 0.6) is 0 Å². The van der Waals surface area contributed by atoms with E-state index in [1.165, 1.54) is 17.0 Å². The molecule has 0 amide bonds. The second-order valence-electron chi connectivity index (χ2n) is 4.03. The van der Waals surface area contributed by atoms with Crippen molar-refractivity contribution in [2.75, 3.05) is 5.73 Å². The molecule has 0 bridgehead atoms. The lowest BCUT2D eigenvalue weighted by atomic mass is 10.2. The number of nitrogens with two attached hydrogens (primary N) is 1. The lowest BCUT2D eigenvalue weighted by Gasteiger charge is -2.03.